The summed E-state index contributed by atoms with van der Waals surface area (Å²) in [6, 6.07) is 0. The Bertz CT molecular complexity index is 129. The van der Waals surface area contributed by atoms with Crippen LogP contribution in [0.1, 0.15) is 0 Å². The summed E-state index contributed by atoms with van der Waals surface area (Å²) in [5, 5.41) is 0. The molecule has 0 bridgehead atoms. The van der Waals surface area contributed by atoms with Gasteiger partial charge in [0.1, 0.15) is 0 Å². The molecule has 0 fully saturated rings. The van der Waals surface area contributed by atoms with E-state index in [1.54, 1.807) is 0 Å². The normalized spacial score (nSPS) is 9.83. The fourth-order valence-corrected chi connectivity index (χ4v) is 0. The van der Waals surface area contributed by atoms with E-state index in [9.17, 15) is 0 Å². The van der Waals surface area contributed by atoms with Crippen molar-refractivity contribution < 1.29 is 38.5 Å². The Morgan fingerprint density at radius 1 is 0.917 bits per heavy atom. The fraction of sp³-hybridized carbons (Fsp3) is 0. The number of hydrogen-bond acceptors (Lipinski definition) is 6. The molecule has 0 aliphatic heterocycles. The van der Waals surface area contributed by atoms with E-state index in [-0.39, 0.29) is 23.5 Å². The van der Waals surface area contributed by atoms with Gasteiger partial charge >= 0.3 is 17.4 Å². The molecule has 0 amide bonds. The molecule has 6 N–H and O–H groups in total. The number of rotatable bonds is 0. The predicted octanol–water partition coefficient (Wildman–Crippen LogP) is -3.97. The molecule has 0 unspecified atom stereocenters. The van der Waals surface area contributed by atoms with Crippen LogP contribution in [-0.2, 0) is 9.13 Å². The van der Waals surface area contributed by atoms with Crippen molar-refractivity contribution in [2.45, 2.75) is 0 Å². The van der Waals surface area contributed by atoms with E-state index in [0.717, 1.165) is 0 Å². The van der Waals surface area contributed by atoms with Crippen molar-refractivity contribution in [1.82, 2.24) is 6.15 Å². The number of hydrogen-bond donors (Lipinski definition) is 4. The van der Waals surface area contributed by atoms with Gasteiger partial charge in [0.25, 0.3) is 7.82 Å². The second-order valence-corrected chi connectivity index (χ2v) is 2.88. The molecule has 0 aromatic rings. The van der Waals surface area contributed by atoms with Crippen LogP contribution < -0.4 is 20.8 Å². The molecule has 0 aliphatic rings. The molecule has 0 saturated heterocycles. The summed E-state index contributed by atoms with van der Waals surface area (Å²) < 4.78 is 17.4. The maximum atomic E-state index is 8.77. The van der Waals surface area contributed by atoms with Gasteiger partial charge in [-0.1, -0.05) is 0 Å². The molecule has 12 heavy (non-hydrogen) atoms. The SMILES string of the molecule is N.O=P([O-])(O)O.O=P([O-])([O-])O.[Al+3]. The summed E-state index contributed by atoms with van der Waals surface area (Å²) in [6.45, 7) is 0. The first-order chi connectivity index (χ1) is 4.00. The average molecular weight is 237 g/mol. The van der Waals surface area contributed by atoms with Gasteiger partial charge in [-0.3, -0.25) is 4.57 Å². The molecule has 0 rings (SSSR count). The Kier molecular flexibility index (Phi) is 15.9. The monoisotopic (exact) mass is 237 g/mol. The van der Waals surface area contributed by atoms with Gasteiger partial charge in [0.15, 0.2) is 0 Å². The Morgan fingerprint density at radius 2 is 0.917 bits per heavy atom. The maximum absolute atomic E-state index is 8.77. The van der Waals surface area contributed by atoms with E-state index >= 15 is 0 Å². The Balaban J connectivity index is -0.0000000457. The zero-order chi connectivity index (χ0) is 9.00. The van der Waals surface area contributed by atoms with Crippen molar-refractivity contribution >= 4 is 33.0 Å². The third-order valence-electron chi connectivity index (χ3n) is 0. The van der Waals surface area contributed by atoms with Crippen molar-refractivity contribution in [2.24, 2.45) is 0 Å². The Hall–Kier alpha value is 0.712. The van der Waals surface area contributed by atoms with Crippen LogP contribution in [0.5, 0.6) is 0 Å². The van der Waals surface area contributed by atoms with Crippen LogP contribution in [-0.4, -0.2) is 32.0 Å². The minimum atomic E-state index is -5.14. The molecule has 72 valence electrons. The summed E-state index contributed by atoms with van der Waals surface area (Å²) in [5.41, 5.74) is 0. The minimum absolute atomic E-state index is 0. The molecule has 9 nitrogen and oxygen atoms in total. The van der Waals surface area contributed by atoms with Crippen LogP contribution in [0.2, 0.25) is 0 Å². The smallest absolute Gasteiger partial charge is 0.790 e. The molecular formula is H6AlNO8P2. The van der Waals surface area contributed by atoms with Gasteiger partial charge in [-0.25, -0.2) is 0 Å². The van der Waals surface area contributed by atoms with Crippen molar-refractivity contribution in [3.8, 4) is 0 Å². The van der Waals surface area contributed by atoms with Crippen LogP contribution in [0, 0.1) is 0 Å². The van der Waals surface area contributed by atoms with Gasteiger partial charge in [-0.05, 0) is 0 Å². The summed E-state index contributed by atoms with van der Waals surface area (Å²) >= 11 is 0. The first-order valence-corrected chi connectivity index (χ1v) is 4.54. The summed E-state index contributed by atoms with van der Waals surface area (Å²) in [7, 11) is -10.0. The largest absolute Gasteiger partial charge is 3.00 e. The first kappa shape index (κ1) is 23.0. The Labute approximate surface area is 78.3 Å². The quantitative estimate of drug-likeness (QED) is 0.239. The summed E-state index contributed by atoms with van der Waals surface area (Å²) in [5.74, 6) is 0. The molecule has 12 heteroatoms. The molecule has 0 aromatic carbocycles. The molecule has 0 radical (unpaired) electrons. The van der Waals surface area contributed by atoms with Crippen LogP contribution in [0.4, 0.5) is 0 Å². The molecule has 0 aromatic heterocycles. The van der Waals surface area contributed by atoms with E-state index in [1.807, 2.05) is 0 Å². The van der Waals surface area contributed by atoms with E-state index in [1.165, 1.54) is 0 Å². The molecule has 0 saturated carbocycles. The summed E-state index contributed by atoms with van der Waals surface area (Å²) in [6.07, 6.45) is 0. The van der Waals surface area contributed by atoms with Crippen molar-refractivity contribution in [2.75, 3.05) is 0 Å². The van der Waals surface area contributed by atoms with Gasteiger partial charge in [-0.2, -0.15) is 0 Å². The van der Waals surface area contributed by atoms with Gasteiger partial charge in [0.2, 0.25) is 0 Å². The molecule has 0 spiro atoms. The van der Waals surface area contributed by atoms with Crippen LogP contribution in [0.15, 0.2) is 0 Å². The average Bonchev–Trinajstić information content (AvgIpc) is 1.12. The fourth-order valence-electron chi connectivity index (χ4n) is 0. The van der Waals surface area contributed by atoms with Crippen LogP contribution in [0.3, 0.4) is 0 Å². The van der Waals surface area contributed by atoms with Crippen LogP contribution in [0.25, 0.3) is 0 Å². The molecule has 0 heterocycles. The van der Waals surface area contributed by atoms with Gasteiger partial charge in [0, 0.05) is 0 Å². The second kappa shape index (κ2) is 8.32. The molecule has 0 atom stereocenters. The van der Waals surface area contributed by atoms with Crippen molar-refractivity contribution in [3.63, 3.8) is 0 Å². The van der Waals surface area contributed by atoms with Crippen molar-refractivity contribution in [3.05, 3.63) is 0 Å². The molecular weight excluding hydrogens is 231 g/mol. The standard InChI is InChI=1S/Al.H3N.2H3O4P/c;;2*1-5(2,3)4/h;1H3;2*(H3,1,2,3,4)/q+3;;;/p-3. The minimum Gasteiger partial charge on any atom is -0.790 e. The maximum Gasteiger partial charge on any atom is 3.00 e. The second-order valence-electron chi connectivity index (χ2n) is 0.959. The topological polar surface area (TPSA) is 199 Å². The third kappa shape index (κ3) is 1990. The predicted molar refractivity (Wildman–Crippen MR) is 32.6 cm³/mol. The van der Waals surface area contributed by atoms with E-state index in [2.05, 4.69) is 0 Å². The molecule has 0 aliphatic carbocycles. The third-order valence-corrected chi connectivity index (χ3v) is 0. The number of phosphoric acid groups is 2. The van der Waals surface area contributed by atoms with Gasteiger partial charge in [-0.15, -0.1) is 0 Å². The van der Waals surface area contributed by atoms with E-state index in [4.69, 9.17) is 38.5 Å². The zero-order valence-electron chi connectivity index (χ0n) is 5.56. The van der Waals surface area contributed by atoms with Gasteiger partial charge in [0.05, 0.1) is 7.82 Å². The van der Waals surface area contributed by atoms with Crippen molar-refractivity contribution in [1.29, 1.82) is 0 Å². The van der Waals surface area contributed by atoms with E-state index < -0.39 is 15.6 Å². The zero-order valence-corrected chi connectivity index (χ0v) is 8.51. The Morgan fingerprint density at radius 3 is 0.917 bits per heavy atom. The van der Waals surface area contributed by atoms with E-state index in [0.29, 0.717) is 0 Å². The first-order valence-electron chi connectivity index (χ1n) is 1.51. The summed E-state index contributed by atoms with van der Waals surface area (Å²) in [4.78, 5) is 47.2. The van der Waals surface area contributed by atoms with Gasteiger partial charge < -0.3 is 40.1 Å². The van der Waals surface area contributed by atoms with Crippen LogP contribution >= 0.6 is 15.6 Å².